The Bertz CT molecular complexity index is 1570. The highest BCUT2D eigenvalue weighted by Crippen LogP contribution is 2.31. The summed E-state index contributed by atoms with van der Waals surface area (Å²) >= 11 is 6.13. The van der Waals surface area contributed by atoms with Crippen LogP contribution in [0, 0.1) is 15.5 Å². The van der Waals surface area contributed by atoms with Crippen molar-refractivity contribution in [2.75, 3.05) is 50.9 Å². The lowest BCUT2D eigenvalue weighted by Gasteiger charge is -2.38. The molecular weight excluding hydrogens is 562 g/mol. The van der Waals surface area contributed by atoms with E-state index in [-0.39, 0.29) is 42.3 Å². The number of benzene rings is 2. The number of hydrogen-bond donors (Lipinski definition) is 0. The number of rotatable bonds is 9. The van der Waals surface area contributed by atoms with Gasteiger partial charge in [-0.25, -0.2) is 8.42 Å². The average Bonchev–Trinajstić information content (AvgIpc) is 2.91. The summed E-state index contributed by atoms with van der Waals surface area (Å²) in [5, 5.41) is 15.7. The van der Waals surface area contributed by atoms with Gasteiger partial charge in [0.1, 0.15) is 5.69 Å². The van der Waals surface area contributed by atoms with E-state index in [4.69, 9.17) is 21.1 Å². The Morgan fingerprint density at radius 2 is 1.82 bits per heavy atom. The molecule has 212 valence electrons. The second-order valence-corrected chi connectivity index (χ2v) is 12.6. The lowest BCUT2D eigenvalue weighted by Crippen LogP contribution is -2.49. The molecule has 0 spiro atoms. The number of hydrogen-bond acceptors (Lipinski definition) is 9. The largest absolute Gasteiger partial charge is 0.485 e. The van der Waals surface area contributed by atoms with Crippen molar-refractivity contribution < 1.29 is 22.8 Å². The molecule has 3 aromatic rings. The fourth-order valence-electron chi connectivity index (χ4n) is 4.59. The third kappa shape index (κ3) is 5.97. The zero-order valence-electron chi connectivity index (χ0n) is 21.7. The van der Waals surface area contributed by atoms with Gasteiger partial charge >= 0.3 is 5.56 Å². The molecule has 1 aromatic heterocycles. The monoisotopic (exact) mass is 589 g/mol. The Morgan fingerprint density at radius 1 is 1.12 bits per heavy atom. The minimum absolute atomic E-state index is 0.0995. The first-order valence-electron chi connectivity index (χ1n) is 12.6. The number of aromatic nitrogens is 2. The van der Waals surface area contributed by atoms with Crippen LogP contribution in [0.1, 0.15) is 12.5 Å². The summed E-state index contributed by atoms with van der Waals surface area (Å²) in [6, 6.07) is 12.3. The number of sulfonamides is 1. The van der Waals surface area contributed by atoms with Crippen LogP contribution in [0.25, 0.3) is 5.69 Å². The van der Waals surface area contributed by atoms with Crippen molar-refractivity contribution in [1.29, 1.82) is 0 Å². The molecule has 0 atom stereocenters. The Balaban J connectivity index is 1.34. The van der Waals surface area contributed by atoms with E-state index in [1.165, 1.54) is 33.3 Å². The second kappa shape index (κ2) is 11.2. The number of non-ortho nitro benzene ring substituents is 1. The van der Waals surface area contributed by atoms with E-state index in [0.717, 1.165) is 0 Å². The highest BCUT2D eigenvalue weighted by molar-refractivity contribution is 7.88. The molecule has 0 amide bonds. The van der Waals surface area contributed by atoms with Crippen LogP contribution in [0.2, 0.25) is 5.02 Å². The third-order valence-electron chi connectivity index (χ3n) is 6.90. The van der Waals surface area contributed by atoms with Crippen LogP contribution >= 0.6 is 11.6 Å². The average molecular weight is 590 g/mol. The minimum Gasteiger partial charge on any atom is -0.485 e. The highest BCUT2D eigenvalue weighted by Gasteiger charge is 2.36. The fraction of sp³-hybridized carbons (Fsp3) is 0.385. The van der Waals surface area contributed by atoms with Gasteiger partial charge in [0.2, 0.25) is 15.8 Å². The van der Waals surface area contributed by atoms with Crippen molar-refractivity contribution in [2.24, 2.45) is 5.41 Å². The van der Waals surface area contributed by atoms with Gasteiger partial charge in [-0.3, -0.25) is 14.9 Å². The molecule has 5 rings (SSSR count). The molecule has 40 heavy (non-hydrogen) atoms. The SMILES string of the molecule is CC1(COc2c(N3CCN(S(=O)(=O)Cc4ccc([N+](=O)[O-])cc4)CC3)cnn(-c3cccc(Cl)c3)c2=O)COC1. The van der Waals surface area contributed by atoms with Crippen molar-refractivity contribution in [3.63, 3.8) is 0 Å². The van der Waals surface area contributed by atoms with E-state index in [0.29, 0.717) is 48.3 Å². The van der Waals surface area contributed by atoms with Gasteiger partial charge in [-0.1, -0.05) is 36.7 Å². The van der Waals surface area contributed by atoms with E-state index in [2.05, 4.69) is 5.10 Å². The number of nitro benzene ring substituents is 1. The maximum Gasteiger partial charge on any atom is 0.316 e. The van der Waals surface area contributed by atoms with E-state index < -0.39 is 20.5 Å². The molecule has 14 heteroatoms. The first-order valence-corrected chi connectivity index (χ1v) is 14.6. The van der Waals surface area contributed by atoms with Gasteiger partial charge in [0.25, 0.3) is 5.69 Å². The number of piperazine rings is 1. The summed E-state index contributed by atoms with van der Waals surface area (Å²) in [6.45, 7) is 4.37. The summed E-state index contributed by atoms with van der Waals surface area (Å²) in [4.78, 5) is 25.8. The molecule has 2 aliphatic rings. The van der Waals surface area contributed by atoms with Crippen molar-refractivity contribution in [3.05, 3.63) is 85.8 Å². The first-order chi connectivity index (χ1) is 19.0. The Kier molecular flexibility index (Phi) is 7.82. The van der Waals surface area contributed by atoms with Crippen molar-refractivity contribution in [3.8, 4) is 11.4 Å². The Morgan fingerprint density at radius 3 is 2.42 bits per heavy atom. The summed E-state index contributed by atoms with van der Waals surface area (Å²) in [6.07, 6.45) is 1.55. The fourth-order valence-corrected chi connectivity index (χ4v) is 6.29. The van der Waals surface area contributed by atoms with Crippen LogP contribution in [0.15, 0.2) is 59.5 Å². The number of nitrogens with zero attached hydrogens (tertiary/aromatic N) is 5. The normalized spacial score (nSPS) is 17.3. The lowest BCUT2D eigenvalue weighted by atomic mass is 9.90. The predicted molar refractivity (Wildman–Crippen MR) is 149 cm³/mol. The molecule has 0 saturated carbocycles. The minimum atomic E-state index is -3.67. The van der Waals surface area contributed by atoms with Gasteiger partial charge in [-0.05, 0) is 23.8 Å². The first kappa shape index (κ1) is 28.0. The molecule has 3 heterocycles. The Hall–Kier alpha value is -3.52. The molecule has 0 N–H and O–H groups in total. The van der Waals surface area contributed by atoms with Crippen LogP contribution in [0.5, 0.6) is 5.75 Å². The molecule has 12 nitrogen and oxygen atoms in total. The Labute approximate surface area is 235 Å². The summed E-state index contributed by atoms with van der Waals surface area (Å²) in [7, 11) is -3.67. The van der Waals surface area contributed by atoms with Gasteiger partial charge in [-0.15, -0.1) is 0 Å². The van der Waals surface area contributed by atoms with Crippen LogP contribution < -0.4 is 15.2 Å². The van der Waals surface area contributed by atoms with E-state index in [1.54, 1.807) is 30.5 Å². The second-order valence-electron chi connectivity index (χ2n) is 10.2. The lowest BCUT2D eigenvalue weighted by molar-refractivity contribution is -0.384. The summed E-state index contributed by atoms with van der Waals surface area (Å²) in [5.74, 6) is -0.137. The van der Waals surface area contributed by atoms with Gasteiger partial charge < -0.3 is 14.4 Å². The molecule has 2 aromatic carbocycles. The summed E-state index contributed by atoms with van der Waals surface area (Å²) < 4.78 is 40.2. The summed E-state index contributed by atoms with van der Waals surface area (Å²) in [5.41, 5.74) is 0.688. The predicted octanol–water partition coefficient (Wildman–Crippen LogP) is 2.86. The van der Waals surface area contributed by atoms with Crippen LogP contribution in [-0.2, 0) is 20.5 Å². The topological polar surface area (TPSA) is 137 Å². The van der Waals surface area contributed by atoms with E-state index in [9.17, 15) is 23.3 Å². The quantitative estimate of drug-likeness (QED) is 0.272. The van der Waals surface area contributed by atoms with Crippen molar-refractivity contribution in [1.82, 2.24) is 14.1 Å². The van der Waals surface area contributed by atoms with Crippen LogP contribution in [-0.4, -0.2) is 73.4 Å². The zero-order chi connectivity index (χ0) is 28.5. The maximum absolute atomic E-state index is 13.6. The van der Waals surface area contributed by atoms with Gasteiger partial charge in [-0.2, -0.15) is 14.1 Å². The van der Waals surface area contributed by atoms with Gasteiger partial charge in [0.15, 0.2) is 0 Å². The number of anilines is 1. The molecule has 0 unspecified atom stereocenters. The molecule has 2 saturated heterocycles. The number of ether oxygens (including phenoxy) is 2. The third-order valence-corrected chi connectivity index (χ3v) is 8.99. The molecule has 0 aliphatic carbocycles. The standard InChI is InChI=1S/C26H28ClN5O7S/c1-26(16-38-17-26)18-39-24-23(14-28-31(25(24)33)22-4-2-3-20(27)13-22)29-9-11-30(12-10-29)40(36,37)15-19-5-7-21(8-6-19)32(34)35/h2-8,13-14H,9-12,15-18H2,1H3. The van der Waals surface area contributed by atoms with Crippen molar-refractivity contribution >= 4 is 33.0 Å². The number of halogens is 1. The zero-order valence-corrected chi connectivity index (χ0v) is 23.3. The molecule has 0 radical (unpaired) electrons. The van der Waals surface area contributed by atoms with Crippen LogP contribution in [0.3, 0.4) is 0 Å². The van der Waals surface area contributed by atoms with Crippen LogP contribution in [0.4, 0.5) is 11.4 Å². The van der Waals surface area contributed by atoms with Crippen molar-refractivity contribution in [2.45, 2.75) is 12.7 Å². The van der Waals surface area contributed by atoms with E-state index >= 15 is 0 Å². The smallest absolute Gasteiger partial charge is 0.316 e. The van der Waals surface area contributed by atoms with Gasteiger partial charge in [0.05, 0.1) is 42.4 Å². The molecule has 2 aliphatic heterocycles. The highest BCUT2D eigenvalue weighted by atomic mass is 35.5. The molecule has 0 bridgehead atoms. The maximum atomic E-state index is 13.6. The van der Waals surface area contributed by atoms with E-state index in [1.807, 2.05) is 11.8 Å². The number of nitro groups is 1. The van der Waals surface area contributed by atoms with Gasteiger partial charge in [0, 0.05) is 48.7 Å². The molecular formula is C26H28ClN5O7S. The molecule has 2 fully saturated rings.